The monoisotopic (exact) mass is 353 g/mol. The van der Waals surface area contributed by atoms with E-state index in [1.807, 2.05) is 18.2 Å². The molecule has 5 heteroatoms. The average Bonchev–Trinajstić information content (AvgIpc) is 2.83. The normalized spacial score (nSPS) is 27.5. The van der Waals surface area contributed by atoms with Gasteiger partial charge in [-0.2, -0.15) is 0 Å². The Kier molecular flexibility index (Phi) is 5.00. The lowest BCUT2D eigenvalue weighted by molar-refractivity contribution is 0.149. The van der Waals surface area contributed by atoms with Crippen LogP contribution in [0, 0.1) is 11.8 Å². The maximum absolute atomic E-state index is 10.5. The summed E-state index contributed by atoms with van der Waals surface area (Å²) in [6, 6.07) is 5.74. The molecule has 124 valence electrons. The van der Waals surface area contributed by atoms with Gasteiger partial charge in [0, 0.05) is 5.92 Å². The van der Waals surface area contributed by atoms with Crippen LogP contribution in [0.1, 0.15) is 38.2 Å². The van der Waals surface area contributed by atoms with E-state index < -0.39 is 0 Å². The van der Waals surface area contributed by atoms with E-state index in [-0.39, 0.29) is 12.0 Å². The fourth-order valence-electron chi connectivity index (χ4n) is 3.98. The van der Waals surface area contributed by atoms with Gasteiger partial charge in [-0.1, -0.05) is 41.3 Å². The third kappa shape index (κ3) is 3.15. The molecule has 0 aliphatic heterocycles. The van der Waals surface area contributed by atoms with E-state index in [0.29, 0.717) is 16.0 Å². The molecule has 2 bridgehead atoms. The first-order chi connectivity index (χ1) is 11.0. The Hall–Kier alpha value is -1.03. The van der Waals surface area contributed by atoms with Gasteiger partial charge in [-0.05, 0) is 60.4 Å². The fourth-order valence-corrected chi connectivity index (χ4v) is 4.28. The van der Waals surface area contributed by atoms with Crippen LogP contribution in [0.5, 0.6) is 0 Å². The summed E-state index contributed by atoms with van der Waals surface area (Å²) in [6.45, 7) is 2.06. The number of hydrogen-bond donors (Lipinski definition) is 1. The third-order valence-electron chi connectivity index (χ3n) is 4.93. The van der Waals surface area contributed by atoms with Gasteiger partial charge in [-0.25, -0.2) is 0 Å². The molecular formula is C18H21Cl2NO2. The Balaban J connectivity index is 2.16. The minimum Gasteiger partial charge on any atom is -0.399 e. The van der Waals surface area contributed by atoms with Crippen molar-refractivity contribution in [2.24, 2.45) is 17.0 Å². The zero-order valence-electron chi connectivity index (χ0n) is 13.4. The average molecular weight is 354 g/mol. The summed E-state index contributed by atoms with van der Waals surface area (Å²) in [6.07, 6.45) is 3.27. The summed E-state index contributed by atoms with van der Waals surface area (Å²) in [4.78, 5) is 5.04. The van der Waals surface area contributed by atoms with Gasteiger partial charge in [0.15, 0.2) is 0 Å². The van der Waals surface area contributed by atoms with Crippen LogP contribution in [-0.2, 0) is 4.84 Å². The lowest BCUT2D eigenvalue weighted by Crippen LogP contribution is -2.23. The van der Waals surface area contributed by atoms with Crippen LogP contribution < -0.4 is 0 Å². The number of rotatable bonds is 4. The SMILES string of the molecule is CCC(=NOC)C1=C(c2ccc(Cl)c(Cl)c2)CC2CC(O)[C@H]1C2. The molecule has 0 aromatic heterocycles. The molecule has 0 heterocycles. The summed E-state index contributed by atoms with van der Waals surface area (Å²) in [5, 5.41) is 15.8. The van der Waals surface area contributed by atoms with Gasteiger partial charge in [0.05, 0.1) is 21.9 Å². The number of halogens is 2. The predicted octanol–water partition coefficient (Wildman–Crippen LogP) is 4.95. The van der Waals surface area contributed by atoms with Gasteiger partial charge in [0.1, 0.15) is 7.11 Å². The largest absolute Gasteiger partial charge is 0.399 e. The number of fused-ring (bicyclic) bond motifs is 2. The van der Waals surface area contributed by atoms with Crippen molar-refractivity contribution in [3.8, 4) is 0 Å². The highest BCUT2D eigenvalue weighted by Gasteiger charge is 2.42. The second-order valence-corrected chi connectivity index (χ2v) is 7.13. The highest BCUT2D eigenvalue weighted by molar-refractivity contribution is 6.42. The molecule has 0 spiro atoms. The van der Waals surface area contributed by atoms with Crippen LogP contribution >= 0.6 is 23.2 Å². The number of hydrogen-bond acceptors (Lipinski definition) is 3. The van der Waals surface area contributed by atoms with Crippen molar-refractivity contribution in [2.45, 2.75) is 38.7 Å². The highest BCUT2D eigenvalue weighted by Crippen LogP contribution is 2.49. The zero-order valence-corrected chi connectivity index (χ0v) is 14.9. The molecule has 3 rings (SSSR count). The number of benzene rings is 1. The van der Waals surface area contributed by atoms with E-state index in [2.05, 4.69) is 12.1 Å². The van der Waals surface area contributed by atoms with Crippen LogP contribution in [0.15, 0.2) is 28.9 Å². The number of allylic oxidation sites excluding steroid dienone is 1. The maximum atomic E-state index is 10.5. The Morgan fingerprint density at radius 1 is 1.30 bits per heavy atom. The Labute approximate surface area is 146 Å². The van der Waals surface area contributed by atoms with Crippen molar-refractivity contribution in [1.82, 2.24) is 0 Å². The summed E-state index contributed by atoms with van der Waals surface area (Å²) < 4.78 is 0. The van der Waals surface area contributed by atoms with Crippen LogP contribution in [-0.4, -0.2) is 24.0 Å². The minimum atomic E-state index is -0.302. The van der Waals surface area contributed by atoms with E-state index in [4.69, 9.17) is 28.0 Å². The molecule has 1 N–H and O–H groups in total. The van der Waals surface area contributed by atoms with Crippen molar-refractivity contribution in [2.75, 3.05) is 7.11 Å². The van der Waals surface area contributed by atoms with E-state index in [9.17, 15) is 5.11 Å². The van der Waals surface area contributed by atoms with Crippen LogP contribution in [0.2, 0.25) is 10.0 Å². The van der Waals surface area contributed by atoms with E-state index >= 15 is 0 Å². The molecule has 2 aliphatic carbocycles. The van der Waals surface area contributed by atoms with Crippen molar-refractivity contribution in [3.05, 3.63) is 39.4 Å². The molecule has 23 heavy (non-hydrogen) atoms. The Morgan fingerprint density at radius 2 is 2.09 bits per heavy atom. The Bertz CT molecular complexity index is 669. The number of aliphatic hydroxyl groups excluding tert-OH is 1. The standard InChI is InChI=1S/C18H21Cl2NO2/c1-3-16(21-23-2)18-12(6-10-7-13(18)17(22)8-10)11-4-5-14(19)15(20)9-11/h4-5,9-10,13,17,22H,3,6-8H2,1-2H3/t10?,13-,17?/m1/s1. The van der Waals surface area contributed by atoms with Crippen molar-refractivity contribution < 1.29 is 9.94 Å². The topological polar surface area (TPSA) is 41.8 Å². The van der Waals surface area contributed by atoms with Gasteiger partial charge in [0.2, 0.25) is 0 Å². The smallest absolute Gasteiger partial charge is 0.106 e. The molecular weight excluding hydrogens is 333 g/mol. The minimum absolute atomic E-state index is 0.132. The second kappa shape index (κ2) is 6.84. The molecule has 0 saturated heterocycles. The lowest BCUT2D eigenvalue weighted by atomic mass is 9.77. The molecule has 3 atom stereocenters. The van der Waals surface area contributed by atoms with Crippen molar-refractivity contribution in [1.29, 1.82) is 0 Å². The quantitative estimate of drug-likeness (QED) is 0.614. The molecule has 0 radical (unpaired) electrons. The third-order valence-corrected chi connectivity index (χ3v) is 5.67. The number of aliphatic hydroxyl groups is 1. The summed E-state index contributed by atoms with van der Waals surface area (Å²) in [7, 11) is 1.56. The first-order valence-corrected chi connectivity index (χ1v) is 8.77. The predicted molar refractivity (Wildman–Crippen MR) is 95.0 cm³/mol. The molecule has 1 fully saturated rings. The van der Waals surface area contributed by atoms with Gasteiger partial charge in [0.25, 0.3) is 0 Å². The molecule has 2 aliphatic rings. The fraction of sp³-hybridized carbons (Fsp3) is 0.500. The first kappa shape index (κ1) is 16.8. The number of oxime groups is 1. The van der Waals surface area contributed by atoms with Crippen molar-refractivity contribution >= 4 is 34.5 Å². The molecule has 3 nitrogen and oxygen atoms in total. The zero-order chi connectivity index (χ0) is 16.6. The van der Waals surface area contributed by atoms with Gasteiger partial charge in [-0.3, -0.25) is 0 Å². The van der Waals surface area contributed by atoms with Crippen LogP contribution in [0.4, 0.5) is 0 Å². The Morgan fingerprint density at radius 3 is 2.74 bits per heavy atom. The molecule has 2 unspecified atom stereocenters. The van der Waals surface area contributed by atoms with Gasteiger partial charge in [-0.15, -0.1) is 0 Å². The molecule has 0 amide bonds. The van der Waals surface area contributed by atoms with E-state index in [1.165, 1.54) is 5.57 Å². The molecule has 1 saturated carbocycles. The van der Waals surface area contributed by atoms with E-state index in [1.54, 1.807) is 7.11 Å². The van der Waals surface area contributed by atoms with E-state index in [0.717, 1.165) is 42.5 Å². The van der Waals surface area contributed by atoms with Crippen molar-refractivity contribution in [3.63, 3.8) is 0 Å². The second-order valence-electron chi connectivity index (χ2n) is 6.31. The summed E-state index contributed by atoms with van der Waals surface area (Å²) in [5.74, 6) is 0.649. The van der Waals surface area contributed by atoms with Crippen LogP contribution in [0.25, 0.3) is 5.57 Å². The summed E-state index contributed by atoms with van der Waals surface area (Å²) in [5.41, 5.74) is 4.33. The summed E-state index contributed by atoms with van der Waals surface area (Å²) >= 11 is 12.3. The van der Waals surface area contributed by atoms with Gasteiger partial charge >= 0.3 is 0 Å². The van der Waals surface area contributed by atoms with Gasteiger partial charge < -0.3 is 9.94 Å². The maximum Gasteiger partial charge on any atom is 0.106 e. The molecule has 1 aromatic rings. The van der Waals surface area contributed by atoms with Crippen LogP contribution in [0.3, 0.4) is 0 Å². The molecule has 1 aromatic carbocycles. The lowest BCUT2D eigenvalue weighted by Gasteiger charge is -2.28. The highest BCUT2D eigenvalue weighted by atomic mass is 35.5. The first-order valence-electron chi connectivity index (χ1n) is 8.02. The number of nitrogens with zero attached hydrogens (tertiary/aromatic N) is 1.